The molecule has 3 N–H and O–H groups in total. The minimum absolute atomic E-state index is 0.00164. The molecule has 2 aliphatic carbocycles. The molecule has 3 rings (SSSR count). The predicted molar refractivity (Wildman–Crippen MR) is 91.1 cm³/mol. The molecular weight excluding hydrogens is 328 g/mol. The standard InChI is InChI=1S/C17H22N2O4S/c1-3-23-17(22)12-8(2)13(14(18)20)24-16(12)19-15(21)11-7-9-4-5-10(11)6-9/h9-11H,3-7H2,1-2H3,(H2,18,20)(H,19,21). The highest BCUT2D eigenvalue weighted by Gasteiger charge is 2.43. The molecule has 3 unspecified atom stereocenters. The van der Waals surface area contributed by atoms with Gasteiger partial charge < -0.3 is 15.8 Å². The Balaban J connectivity index is 1.86. The average molecular weight is 350 g/mol. The lowest BCUT2D eigenvalue weighted by molar-refractivity contribution is -0.121. The van der Waals surface area contributed by atoms with Crippen LogP contribution in [0.5, 0.6) is 0 Å². The summed E-state index contributed by atoms with van der Waals surface area (Å²) in [5.41, 5.74) is 6.09. The number of primary amides is 1. The molecule has 0 aromatic carbocycles. The first kappa shape index (κ1) is 17.0. The third-order valence-corrected chi connectivity index (χ3v) is 6.38. The highest BCUT2D eigenvalue weighted by Crippen LogP contribution is 2.49. The van der Waals surface area contributed by atoms with Crippen molar-refractivity contribution in [3.8, 4) is 0 Å². The lowest BCUT2D eigenvalue weighted by Gasteiger charge is -2.20. The summed E-state index contributed by atoms with van der Waals surface area (Å²) in [6.45, 7) is 3.58. The number of nitrogens with two attached hydrogens (primary N) is 1. The fourth-order valence-corrected chi connectivity index (χ4v) is 5.11. The van der Waals surface area contributed by atoms with Gasteiger partial charge in [-0.25, -0.2) is 4.79 Å². The molecule has 2 saturated carbocycles. The van der Waals surface area contributed by atoms with E-state index in [1.54, 1.807) is 13.8 Å². The molecule has 1 aromatic heterocycles. The quantitative estimate of drug-likeness (QED) is 0.798. The van der Waals surface area contributed by atoms with Gasteiger partial charge in [-0.2, -0.15) is 0 Å². The van der Waals surface area contributed by atoms with E-state index in [1.165, 1.54) is 6.42 Å². The molecule has 2 aliphatic rings. The van der Waals surface area contributed by atoms with E-state index in [9.17, 15) is 14.4 Å². The molecule has 3 atom stereocenters. The van der Waals surface area contributed by atoms with Gasteiger partial charge in [-0.05, 0) is 50.5 Å². The van der Waals surface area contributed by atoms with E-state index >= 15 is 0 Å². The summed E-state index contributed by atoms with van der Waals surface area (Å²) >= 11 is 1.05. The summed E-state index contributed by atoms with van der Waals surface area (Å²) in [5, 5.41) is 3.23. The van der Waals surface area contributed by atoms with E-state index < -0.39 is 11.9 Å². The zero-order valence-electron chi connectivity index (χ0n) is 13.9. The number of anilines is 1. The van der Waals surface area contributed by atoms with Crippen molar-refractivity contribution < 1.29 is 19.1 Å². The molecule has 7 heteroatoms. The smallest absolute Gasteiger partial charge is 0.341 e. The number of amides is 2. The van der Waals surface area contributed by atoms with Crippen LogP contribution in [-0.4, -0.2) is 24.4 Å². The number of hydrogen-bond acceptors (Lipinski definition) is 5. The van der Waals surface area contributed by atoms with Gasteiger partial charge in [0.15, 0.2) is 0 Å². The molecule has 2 amide bonds. The van der Waals surface area contributed by atoms with Gasteiger partial charge in [-0.15, -0.1) is 11.3 Å². The van der Waals surface area contributed by atoms with Gasteiger partial charge in [0.05, 0.1) is 17.0 Å². The molecule has 24 heavy (non-hydrogen) atoms. The summed E-state index contributed by atoms with van der Waals surface area (Å²) in [4.78, 5) is 36.7. The first-order chi connectivity index (χ1) is 11.4. The zero-order valence-corrected chi connectivity index (χ0v) is 14.7. The Morgan fingerprint density at radius 3 is 2.58 bits per heavy atom. The van der Waals surface area contributed by atoms with E-state index in [0.29, 0.717) is 22.4 Å². The van der Waals surface area contributed by atoms with Crippen molar-refractivity contribution in [1.82, 2.24) is 0 Å². The molecule has 0 radical (unpaired) electrons. The second kappa shape index (κ2) is 6.55. The minimum atomic E-state index is -0.608. The maximum absolute atomic E-state index is 12.7. The van der Waals surface area contributed by atoms with Crippen LogP contribution < -0.4 is 11.1 Å². The first-order valence-electron chi connectivity index (χ1n) is 8.33. The lowest BCUT2D eigenvalue weighted by atomic mass is 9.88. The normalized spacial score (nSPS) is 24.8. The van der Waals surface area contributed by atoms with E-state index in [4.69, 9.17) is 10.5 Å². The number of nitrogens with one attached hydrogen (secondary N) is 1. The number of carbonyl (C=O) groups is 3. The van der Waals surface area contributed by atoms with Crippen LogP contribution in [0.4, 0.5) is 5.00 Å². The van der Waals surface area contributed by atoms with Crippen molar-refractivity contribution in [1.29, 1.82) is 0 Å². The molecule has 0 spiro atoms. The number of fused-ring (bicyclic) bond motifs is 2. The number of hydrogen-bond donors (Lipinski definition) is 2. The molecule has 6 nitrogen and oxygen atoms in total. The monoisotopic (exact) mass is 350 g/mol. The van der Waals surface area contributed by atoms with Crippen molar-refractivity contribution >= 4 is 34.1 Å². The van der Waals surface area contributed by atoms with E-state index in [-0.39, 0.29) is 28.9 Å². The maximum Gasteiger partial charge on any atom is 0.341 e. The Bertz CT molecular complexity index is 697. The van der Waals surface area contributed by atoms with Crippen molar-refractivity contribution in [2.45, 2.75) is 39.5 Å². The lowest BCUT2D eigenvalue weighted by Crippen LogP contribution is -2.27. The summed E-state index contributed by atoms with van der Waals surface area (Å²) in [7, 11) is 0. The fraction of sp³-hybridized carbons (Fsp3) is 0.588. The van der Waals surface area contributed by atoms with Crippen LogP contribution in [0.3, 0.4) is 0 Å². The van der Waals surface area contributed by atoms with Crippen LogP contribution in [0.1, 0.15) is 58.2 Å². The first-order valence-corrected chi connectivity index (χ1v) is 9.15. The van der Waals surface area contributed by atoms with Gasteiger partial charge >= 0.3 is 5.97 Å². The number of rotatable bonds is 5. The Hall–Kier alpha value is -1.89. The van der Waals surface area contributed by atoms with Crippen LogP contribution >= 0.6 is 11.3 Å². The average Bonchev–Trinajstić information content (AvgIpc) is 3.21. The molecule has 0 aliphatic heterocycles. The number of ether oxygens (including phenoxy) is 1. The van der Waals surface area contributed by atoms with Gasteiger partial charge in [0, 0.05) is 5.92 Å². The summed E-state index contributed by atoms with van der Waals surface area (Å²) in [5.74, 6) is -0.118. The molecule has 0 saturated heterocycles. The van der Waals surface area contributed by atoms with Crippen LogP contribution in [0, 0.1) is 24.7 Å². The van der Waals surface area contributed by atoms with Gasteiger partial charge in [-0.3, -0.25) is 9.59 Å². The summed E-state index contributed by atoms with van der Waals surface area (Å²) < 4.78 is 5.06. The van der Waals surface area contributed by atoms with Gasteiger partial charge in [-0.1, -0.05) is 6.42 Å². The Morgan fingerprint density at radius 2 is 2.04 bits per heavy atom. The highest BCUT2D eigenvalue weighted by molar-refractivity contribution is 7.18. The van der Waals surface area contributed by atoms with E-state index in [2.05, 4.69) is 5.32 Å². The SMILES string of the molecule is CCOC(=O)c1c(NC(=O)C2CC3CCC2C3)sc(C(N)=O)c1C. The van der Waals surface area contributed by atoms with Crippen molar-refractivity contribution in [3.05, 3.63) is 16.0 Å². The number of esters is 1. The molecular formula is C17H22N2O4S. The Morgan fingerprint density at radius 1 is 1.29 bits per heavy atom. The molecule has 1 aromatic rings. The van der Waals surface area contributed by atoms with Crippen LogP contribution in [0.15, 0.2) is 0 Å². The molecule has 130 valence electrons. The van der Waals surface area contributed by atoms with Crippen molar-refractivity contribution in [3.63, 3.8) is 0 Å². The Kier molecular flexibility index (Phi) is 4.62. The fourth-order valence-electron chi connectivity index (χ4n) is 4.06. The van der Waals surface area contributed by atoms with Crippen molar-refractivity contribution in [2.24, 2.45) is 23.5 Å². The highest BCUT2D eigenvalue weighted by atomic mass is 32.1. The molecule has 2 fully saturated rings. The van der Waals surface area contributed by atoms with Crippen molar-refractivity contribution in [2.75, 3.05) is 11.9 Å². The third-order valence-electron chi connectivity index (χ3n) is 5.16. The van der Waals surface area contributed by atoms with Crippen LogP contribution in [0.2, 0.25) is 0 Å². The minimum Gasteiger partial charge on any atom is -0.462 e. The largest absolute Gasteiger partial charge is 0.462 e. The maximum atomic E-state index is 12.7. The van der Waals surface area contributed by atoms with Gasteiger partial charge in [0.1, 0.15) is 5.00 Å². The second-order valence-corrected chi connectivity index (χ2v) is 7.64. The summed E-state index contributed by atoms with van der Waals surface area (Å²) in [6.07, 6.45) is 4.35. The van der Waals surface area contributed by atoms with E-state index in [0.717, 1.165) is 30.6 Å². The predicted octanol–water partition coefficient (Wildman–Crippen LogP) is 2.71. The number of thiophene rings is 1. The van der Waals surface area contributed by atoms with E-state index in [1.807, 2.05) is 0 Å². The summed E-state index contributed by atoms with van der Waals surface area (Å²) in [6, 6.07) is 0. The van der Waals surface area contributed by atoms with Crippen LogP contribution in [-0.2, 0) is 9.53 Å². The molecule has 1 heterocycles. The van der Waals surface area contributed by atoms with Gasteiger partial charge in [0.25, 0.3) is 5.91 Å². The number of carbonyl (C=O) groups excluding carboxylic acids is 3. The second-order valence-electron chi connectivity index (χ2n) is 6.62. The molecule has 2 bridgehead atoms. The van der Waals surface area contributed by atoms with Crippen LogP contribution in [0.25, 0.3) is 0 Å². The Labute approximate surface area is 144 Å². The van der Waals surface area contributed by atoms with Gasteiger partial charge in [0.2, 0.25) is 5.91 Å². The topological polar surface area (TPSA) is 98.5 Å². The third kappa shape index (κ3) is 2.92. The zero-order chi connectivity index (χ0) is 17.4.